The predicted octanol–water partition coefficient (Wildman–Crippen LogP) is 0.270. The number of amides is 1. The number of nitrogens with two attached hydrogens (primary N) is 1. The number of carbonyl (C=O) groups is 2. The zero-order valence-electron chi connectivity index (χ0n) is 8.86. The number of ether oxygens (including phenoxy) is 1. The fraction of sp³-hybridized carbons (Fsp3) is 0.750. The molecule has 6 nitrogen and oxygen atoms in total. The molecule has 0 spiro atoms. The van der Waals surface area contributed by atoms with E-state index in [0.29, 0.717) is 0 Å². The van der Waals surface area contributed by atoms with Crippen LogP contribution in [0.15, 0.2) is 0 Å². The molecule has 1 amide bonds. The molecule has 0 aromatic heterocycles. The third-order valence-corrected chi connectivity index (χ3v) is 1.20. The van der Waals surface area contributed by atoms with Gasteiger partial charge < -0.3 is 14.5 Å². The molecule has 0 radical (unpaired) electrons. The van der Waals surface area contributed by atoms with Gasteiger partial charge in [-0.3, -0.25) is 0 Å². The Balaban J connectivity index is 4.07. The molecule has 6 heteroatoms. The fourth-order valence-electron chi connectivity index (χ4n) is 0.635. The zero-order valence-corrected chi connectivity index (χ0v) is 8.86. The Morgan fingerprint density at radius 1 is 1.36 bits per heavy atom. The molecule has 0 aromatic carbocycles. The molecule has 2 N–H and O–H groups in total. The Morgan fingerprint density at radius 3 is 2.21 bits per heavy atom. The van der Waals surface area contributed by atoms with Crippen molar-refractivity contribution in [1.29, 1.82) is 0 Å². The minimum atomic E-state index is -0.696. The van der Waals surface area contributed by atoms with Crippen LogP contribution in [-0.2, 0) is 14.4 Å². The highest BCUT2D eigenvalue weighted by atomic mass is 16.7. The van der Waals surface area contributed by atoms with Crippen LogP contribution in [0.4, 0.5) is 4.79 Å². The lowest BCUT2D eigenvalue weighted by atomic mass is 10.2. The van der Waals surface area contributed by atoms with Crippen molar-refractivity contribution in [3.63, 3.8) is 0 Å². The summed E-state index contributed by atoms with van der Waals surface area (Å²) in [7, 11) is 1.42. The van der Waals surface area contributed by atoms with Gasteiger partial charge in [-0.05, 0) is 20.8 Å². The van der Waals surface area contributed by atoms with Gasteiger partial charge in [-0.25, -0.2) is 9.59 Å². The van der Waals surface area contributed by atoms with Gasteiger partial charge >= 0.3 is 12.1 Å². The molecule has 0 heterocycles. The topological polar surface area (TPSA) is 81.9 Å². The van der Waals surface area contributed by atoms with E-state index in [4.69, 9.17) is 4.74 Å². The second-order valence-corrected chi connectivity index (χ2v) is 3.83. The first-order valence-electron chi connectivity index (χ1n) is 4.10. The van der Waals surface area contributed by atoms with Crippen molar-refractivity contribution in [2.24, 2.45) is 5.90 Å². The maximum absolute atomic E-state index is 11.3. The average molecular weight is 204 g/mol. The fourth-order valence-corrected chi connectivity index (χ4v) is 0.635. The van der Waals surface area contributed by atoms with Gasteiger partial charge in [-0.15, -0.1) is 0 Å². The summed E-state index contributed by atoms with van der Waals surface area (Å²) in [6.45, 7) is 4.98. The zero-order chi connectivity index (χ0) is 11.4. The molecule has 0 aliphatic heterocycles. The highest BCUT2D eigenvalue weighted by molar-refractivity contribution is 5.77. The van der Waals surface area contributed by atoms with Gasteiger partial charge in [0, 0.05) is 7.05 Å². The Labute approximate surface area is 82.9 Å². The summed E-state index contributed by atoms with van der Waals surface area (Å²) < 4.78 is 4.98. The maximum Gasteiger partial charge on any atom is 0.410 e. The number of hydrogen-bond acceptors (Lipinski definition) is 5. The molecule has 0 bridgehead atoms. The summed E-state index contributed by atoms with van der Waals surface area (Å²) in [6.07, 6.45) is -0.595. The van der Waals surface area contributed by atoms with Gasteiger partial charge in [-0.2, -0.15) is 5.90 Å². The summed E-state index contributed by atoms with van der Waals surface area (Å²) in [5, 5.41) is 0. The molecule has 0 unspecified atom stereocenters. The van der Waals surface area contributed by atoms with Gasteiger partial charge in [0.2, 0.25) is 0 Å². The first kappa shape index (κ1) is 12.7. The van der Waals surface area contributed by atoms with Gasteiger partial charge in [0.05, 0.1) is 0 Å². The summed E-state index contributed by atoms with van der Waals surface area (Å²) in [6, 6.07) is 0. The summed E-state index contributed by atoms with van der Waals surface area (Å²) >= 11 is 0. The smallest absolute Gasteiger partial charge is 0.410 e. The third-order valence-electron chi connectivity index (χ3n) is 1.20. The Hall–Kier alpha value is -1.30. The van der Waals surface area contributed by atoms with E-state index in [9.17, 15) is 9.59 Å². The molecule has 0 fully saturated rings. The van der Waals surface area contributed by atoms with E-state index >= 15 is 0 Å². The molecule has 82 valence electrons. The third kappa shape index (κ3) is 5.36. The molecule has 0 saturated carbocycles. The molecule has 0 aliphatic carbocycles. The van der Waals surface area contributed by atoms with Crippen molar-refractivity contribution in [3.8, 4) is 0 Å². The average Bonchev–Trinajstić information content (AvgIpc) is 2.00. The van der Waals surface area contributed by atoms with E-state index in [-0.39, 0.29) is 6.54 Å². The standard InChI is InChI=1S/C8H16N2O4/c1-8(2,3)13-7(12)10(4)5-6(11)14-9/h5,9H2,1-4H3. The summed E-state index contributed by atoms with van der Waals surface area (Å²) in [5.74, 6) is 3.92. The van der Waals surface area contributed by atoms with E-state index in [2.05, 4.69) is 10.7 Å². The lowest BCUT2D eigenvalue weighted by Crippen LogP contribution is -2.38. The highest BCUT2D eigenvalue weighted by Gasteiger charge is 2.21. The van der Waals surface area contributed by atoms with Crippen molar-refractivity contribution >= 4 is 12.1 Å². The van der Waals surface area contributed by atoms with Gasteiger partial charge in [0.1, 0.15) is 12.1 Å². The van der Waals surface area contributed by atoms with Crippen LogP contribution in [0.25, 0.3) is 0 Å². The quantitative estimate of drug-likeness (QED) is 0.653. The van der Waals surface area contributed by atoms with E-state index in [1.54, 1.807) is 20.8 Å². The number of rotatable bonds is 2. The van der Waals surface area contributed by atoms with Crippen LogP contribution < -0.4 is 5.90 Å². The van der Waals surface area contributed by atoms with Crippen LogP contribution in [0, 0.1) is 0 Å². The SMILES string of the molecule is CN(CC(=O)ON)C(=O)OC(C)(C)C. The molecule has 0 rings (SSSR count). The number of nitrogens with zero attached hydrogens (tertiary/aromatic N) is 1. The predicted molar refractivity (Wildman–Crippen MR) is 49.1 cm³/mol. The normalized spacial score (nSPS) is 10.6. The molecular formula is C8H16N2O4. The first-order valence-corrected chi connectivity index (χ1v) is 4.10. The lowest BCUT2D eigenvalue weighted by Gasteiger charge is -2.23. The molecule has 0 atom stereocenters. The Morgan fingerprint density at radius 2 is 1.86 bits per heavy atom. The van der Waals surface area contributed by atoms with E-state index < -0.39 is 17.7 Å². The van der Waals surface area contributed by atoms with Gasteiger partial charge in [-0.1, -0.05) is 0 Å². The van der Waals surface area contributed by atoms with Gasteiger partial charge in [0.15, 0.2) is 0 Å². The summed E-state index contributed by atoms with van der Waals surface area (Å²) in [4.78, 5) is 27.0. The molecule has 0 saturated heterocycles. The van der Waals surface area contributed by atoms with Crippen molar-refractivity contribution < 1.29 is 19.2 Å². The second kappa shape index (κ2) is 4.80. The lowest BCUT2D eigenvalue weighted by molar-refractivity contribution is -0.145. The maximum atomic E-state index is 11.3. The monoisotopic (exact) mass is 204 g/mol. The van der Waals surface area contributed by atoms with E-state index in [1.807, 2.05) is 0 Å². The highest BCUT2D eigenvalue weighted by Crippen LogP contribution is 2.08. The van der Waals surface area contributed by atoms with Crippen LogP contribution in [0.3, 0.4) is 0 Å². The molecule has 14 heavy (non-hydrogen) atoms. The van der Waals surface area contributed by atoms with E-state index in [0.717, 1.165) is 4.90 Å². The minimum absolute atomic E-state index is 0.231. The Bertz CT molecular complexity index is 222. The van der Waals surface area contributed by atoms with E-state index in [1.165, 1.54) is 7.05 Å². The largest absolute Gasteiger partial charge is 0.444 e. The molecule has 0 aromatic rings. The first-order chi connectivity index (χ1) is 6.26. The number of likely N-dealkylation sites (N-methyl/N-ethyl adjacent to an activating group) is 1. The summed E-state index contributed by atoms with van der Waals surface area (Å²) in [5.41, 5.74) is -0.585. The van der Waals surface area contributed by atoms with Crippen LogP contribution in [0.1, 0.15) is 20.8 Å². The van der Waals surface area contributed by atoms with Crippen LogP contribution in [-0.4, -0.2) is 36.2 Å². The second-order valence-electron chi connectivity index (χ2n) is 3.83. The van der Waals surface area contributed by atoms with Crippen LogP contribution >= 0.6 is 0 Å². The van der Waals surface area contributed by atoms with Crippen molar-refractivity contribution in [1.82, 2.24) is 4.90 Å². The van der Waals surface area contributed by atoms with Gasteiger partial charge in [0.25, 0.3) is 0 Å². The van der Waals surface area contributed by atoms with Crippen molar-refractivity contribution in [2.75, 3.05) is 13.6 Å². The number of carbonyl (C=O) groups excluding carboxylic acids is 2. The molecular weight excluding hydrogens is 188 g/mol. The number of hydrogen-bond donors (Lipinski definition) is 1. The van der Waals surface area contributed by atoms with Crippen LogP contribution in [0.2, 0.25) is 0 Å². The van der Waals surface area contributed by atoms with Crippen molar-refractivity contribution in [2.45, 2.75) is 26.4 Å². The van der Waals surface area contributed by atoms with Crippen molar-refractivity contribution in [3.05, 3.63) is 0 Å². The minimum Gasteiger partial charge on any atom is -0.444 e. The Kier molecular flexibility index (Phi) is 4.36. The van der Waals surface area contributed by atoms with Crippen LogP contribution in [0.5, 0.6) is 0 Å². The molecule has 0 aliphatic rings.